The van der Waals surface area contributed by atoms with E-state index in [1.807, 2.05) is 13.8 Å². The van der Waals surface area contributed by atoms with Crippen molar-refractivity contribution < 1.29 is 23.5 Å². The van der Waals surface area contributed by atoms with Gasteiger partial charge in [0.25, 0.3) is 11.8 Å². The van der Waals surface area contributed by atoms with Crippen molar-refractivity contribution in [1.82, 2.24) is 0 Å². The molecule has 8 heteroatoms. The molecule has 0 saturated carbocycles. The van der Waals surface area contributed by atoms with Crippen LogP contribution in [0, 0.1) is 13.8 Å². The van der Waals surface area contributed by atoms with Crippen LogP contribution in [0.4, 0.5) is 11.4 Å². The van der Waals surface area contributed by atoms with Crippen LogP contribution in [0.1, 0.15) is 21.7 Å². The van der Waals surface area contributed by atoms with Crippen molar-refractivity contribution in [2.75, 3.05) is 24.4 Å². The van der Waals surface area contributed by atoms with Crippen molar-refractivity contribution in [2.24, 2.45) is 0 Å². The van der Waals surface area contributed by atoms with Gasteiger partial charge in [-0.1, -0.05) is 11.6 Å². The van der Waals surface area contributed by atoms with Crippen molar-refractivity contribution in [2.45, 2.75) is 13.8 Å². The lowest BCUT2D eigenvalue weighted by Gasteiger charge is -2.13. The third-order valence-corrected chi connectivity index (χ3v) is 4.85. The second kappa shape index (κ2) is 9.37. The summed E-state index contributed by atoms with van der Waals surface area (Å²) >= 11 is 6.14. The molecule has 2 N–H and O–H groups in total. The Hall–Kier alpha value is -3.45. The maximum Gasteiger partial charge on any atom is 0.291 e. The van der Waals surface area contributed by atoms with Gasteiger partial charge in [-0.3, -0.25) is 9.59 Å². The van der Waals surface area contributed by atoms with Crippen LogP contribution in [0.2, 0.25) is 5.02 Å². The Morgan fingerprint density at radius 3 is 2.43 bits per heavy atom. The first-order valence-corrected chi connectivity index (χ1v) is 9.47. The number of amides is 2. The predicted octanol–water partition coefficient (Wildman–Crippen LogP) is 4.83. The SMILES string of the molecule is COc1cc(NC(=O)COc2cc(C)c(Cl)c(C)c2)ccc1NC(=O)c1ccco1. The first-order chi connectivity index (χ1) is 14.4. The average Bonchev–Trinajstić information content (AvgIpc) is 3.26. The minimum Gasteiger partial charge on any atom is -0.494 e. The predicted molar refractivity (Wildman–Crippen MR) is 115 cm³/mol. The van der Waals surface area contributed by atoms with Crippen LogP contribution in [0.15, 0.2) is 53.1 Å². The number of aryl methyl sites for hydroxylation is 2. The molecular formula is C22H21ClN2O5. The van der Waals surface area contributed by atoms with E-state index in [0.717, 1.165) is 11.1 Å². The van der Waals surface area contributed by atoms with Crippen LogP contribution in [0.5, 0.6) is 11.5 Å². The van der Waals surface area contributed by atoms with Gasteiger partial charge in [-0.25, -0.2) is 0 Å². The molecule has 0 aliphatic heterocycles. The summed E-state index contributed by atoms with van der Waals surface area (Å²) in [5.41, 5.74) is 2.70. The van der Waals surface area contributed by atoms with Gasteiger partial charge in [-0.2, -0.15) is 0 Å². The highest BCUT2D eigenvalue weighted by Crippen LogP contribution is 2.29. The van der Waals surface area contributed by atoms with Gasteiger partial charge in [0.1, 0.15) is 11.5 Å². The van der Waals surface area contributed by atoms with E-state index in [4.69, 9.17) is 25.5 Å². The van der Waals surface area contributed by atoms with Crippen LogP contribution in [0.3, 0.4) is 0 Å². The molecule has 2 amide bonds. The van der Waals surface area contributed by atoms with Gasteiger partial charge in [-0.05, 0) is 61.4 Å². The molecule has 0 radical (unpaired) electrons. The number of hydrogen-bond donors (Lipinski definition) is 2. The number of carbonyl (C=O) groups is 2. The molecule has 0 fully saturated rings. The number of halogens is 1. The van der Waals surface area contributed by atoms with Crippen molar-refractivity contribution >= 4 is 34.8 Å². The normalized spacial score (nSPS) is 10.4. The topological polar surface area (TPSA) is 89.8 Å². The van der Waals surface area contributed by atoms with Gasteiger partial charge >= 0.3 is 0 Å². The van der Waals surface area contributed by atoms with E-state index < -0.39 is 5.91 Å². The molecule has 0 bridgehead atoms. The Balaban J connectivity index is 1.62. The maximum absolute atomic E-state index is 12.3. The molecule has 0 spiro atoms. The van der Waals surface area contributed by atoms with Gasteiger partial charge in [-0.15, -0.1) is 0 Å². The molecule has 0 unspecified atom stereocenters. The monoisotopic (exact) mass is 428 g/mol. The lowest BCUT2D eigenvalue weighted by Crippen LogP contribution is -2.20. The highest BCUT2D eigenvalue weighted by Gasteiger charge is 2.13. The second-order valence-electron chi connectivity index (χ2n) is 6.55. The van der Waals surface area contributed by atoms with E-state index in [9.17, 15) is 9.59 Å². The van der Waals surface area contributed by atoms with Gasteiger partial charge in [0, 0.05) is 16.8 Å². The van der Waals surface area contributed by atoms with E-state index in [0.29, 0.717) is 27.9 Å². The molecule has 0 aliphatic carbocycles. The lowest BCUT2D eigenvalue weighted by atomic mass is 10.1. The lowest BCUT2D eigenvalue weighted by molar-refractivity contribution is -0.118. The molecule has 3 rings (SSSR count). The Morgan fingerprint density at radius 1 is 1.07 bits per heavy atom. The standard InChI is InChI=1S/C22H21ClN2O5/c1-13-9-16(10-14(2)21(13)23)30-12-20(26)24-15-6-7-17(19(11-15)28-3)25-22(27)18-5-4-8-29-18/h4-11H,12H2,1-3H3,(H,24,26)(H,25,27). The Bertz CT molecular complexity index is 1040. The Kier molecular flexibility index (Phi) is 6.64. The Labute approximate surface area is 178 Å². The molecule has 0 saturated heterocycles. The van der Waals surface area contributed by atoms with E-state index in [-0.39, 0.29) is 18.3 Å². The number of anilines is 2. The summed E-state index contributed by atoms with van der Waals surface area (Å²) in [7, 11) is 1.47. The van der Waals surface area contributed by atoms with E-state index >= 15 is 0 Å². The van der Waals surface area contributed by atoms with Gasteiger partial charge in [0.15, 0.2) is 12.4 Å². The summed E-state index contributed by atoms with van der Waals surface area (Å²) in [5, 5.41) is 6.11. The summed E-state index contributed by atoms with van der Waals surface area (Å²) in [4.78, 5) is 24.4. The first-order valence-electron chi connectivity index (χ1n) is 9.09. The minimum absolute atomic E-state index is 0.167. The number of methoxy groups -OCH3 is 1. The quantitative estimate of drug-likeness (QED) is 0.562. The Morgan fingerprint density at radius 2 is 1.80 bits per heavy atom. The minimum atomic E-state index is -0.406. The van der Waals surface area contributed by atoms with Crippen LogP contribution in [-0.2, 0) is 4.79 Å². The number of nitrogens with one attached hydrogen (secondary N) is 2. The van der Waals surface area contributed by atoms with Crippen molar-refractivity contribution in [3.63, 3.8) is 0 Å². The summed E-state index contributed by atoms with van der Waals surface area (Å²) in [6, 6.07) is 11.6. The molecule has 3 aromatic rings. The molecule has 0 atom stereocenters. The van der Waals surface area contributed by atoms with E-state index in [1.54, 1.807) is 42.5 Å². The van der Waals surface area contributed by atoms with E-state index in [2.05, 4.69) is 10.6 Å². The van der Waals surface area contributed by atoms with Crippen LogP contribution in [0.25, 0.3) is 0 Å². The number of ether oxygens (including phenoxy) is 2. The number of rotatable bonds is 7. The largest absolute Gasteiger partial charge is 0.494 e. The number of hydrogen-bond acceptors (Lipinski definition) is 5. The third kappa shape index (κ3) is 5.12. The zero-order valence-corrected chi connectivity index (χ0v) is 17.5. The van der Waals surface area contributed by atoms with E-state index in [1.165, 1.54) is 13.4 Å². The van der Waals surface area contributed by atoms with Crippen LogP contribution in [-0.4, -0.2) is 25.5 Å². The summed E-state index contributed by atoms with van der Waals surface area (Å²) in [6.45, 7) is 3.58. The molecule has 30 heavy (non-hydrogen) atoms. The average molecular weight is 429 g/mol. The highest BCUT2D eigenvalue weighted by atomic mass is 35.5. The fraction of sp³-hybridized carbons (Fsp3) is 0.182. The molecular weight excluding hydrogens is 408 g/mol. The fourth-order valence-electron chi connectivity index (χ4n) is 2.80. The molecule has 156 valence electrons. The van der Waals surface area contributed by atoms with Crippen LogP contribution < -0.4 is 20.1 Å². The number of benzene rings is 2. The van der Waals surface area contributed by atoms with Crippen LogP contribution >= 0.6 is 11.6 Å². The smallest absolute Gasteiger partial charge is 0.291 e. The molecule has 1 heterocycles. The first kappa shape index (κ1) is 21.3. The van der Waals surface area contributed by atoms with Gasteiger partial charge in [0.05, 0.1) is 19.1 Å². The van der Waals surface area contributed by atoms with Crippen molar-refractivity contribution in [3.05, 3.63) is 70.6 Å². The zero-order chi connectivity index (χ0) is 21.7. The molecule has 7 nitrogen and oxygen atoms in total. The fourth-order valence-corrected chi connectivity index (χ4v) is 2.91. The molecule has 0 aliphatic rings. The molecule has 2 aromatic carbocycles. The van der Waals surface area contributed by atoms with Gasteiger partial charge < -0.3 is 24.5 Å². The summed E-state index contributed by atoms with van der Waals surface area (Å²) in [5.74, 6) is 0.390. The van der Waals surface area contributed by atoms with Crippen molar-refractivity contribution in [3.8, 4) is 11.5 Å². The van der Waals surface area contributed by atoms with Gasteiger partial charge in [0.2, 0.25) is 0 Å². The summed E-state index contributed by atoms with van der Waals surface area (Å²) < 4.78 is 15.9. The third-order valence-electron chi connectivity index (χ3n) is 4.26. The molecule has 1 aromatic heterocycles. The maximum atomic E-state index is 12.3. The number of furan rings is 1. The highest BCUT2D eigenvalue weighted by molar-refractivity contribution is 6.32. The zero-order valence-electron chi connectivity index (χ0n) is 16.7. The second-order valence-corrected chi connectivity index (χ2v) is 6.93. The summed E-state index contributed by atoms with van der Waals surface area (Å²) in [6.07, 6.45) is 1.42. The van der Waals surface area contributed by atoms with Crippen molar-refractivity contribution in [1.29, 1.82) is 0 Å². The number of carbonyl (C=O) groups excluding carboxylic acids is 2.